The molecule has 0 saturated heterocycles. The Kier molecular flexibility index (Phi) is 5.37. The van der Waals surface area contributed by atoms with Crippen LogP contribution in [0.1, 0.15) is 11.3 Å². The van der Waals surface area contributed by atoms with Crippen LogP contribution in [-0.2, 0) is 17.8 Å². The molecule has 0 aliphatic rings. The monoisotopic (exact) mass is 421 g/mol. The summed E-state index contributed by atoms with van der Waals surface area (Å²) >= 11 is 6.66. The van der Waals surface area contributed by atoms with Gasteiger partial charge in [0, 0.05) is 6.54 Å². The minimum absolute atomic E-state index is 0.105. The van der Waals surface area contributed by atoms with Crippen LogP contribution in [-0.4, -0.2) is 25.7 Å². The fraction of sp³-hybridized carbons (Fsp3) is 0.143. The first-order valence-corrected chi connectivity index (χ1v) is 10.3. The molecular weight excluding hydrogens is 402 g/mol. The second kappa shape index (κ2) is 8.10. The van der Waals surface area contributed by atoms with E-state index in [4.69, 9.17) is 12.2 Å². The van der Waals surface area contributed by atoms with Crippen LogP contribution in [0.5, 0.6) is 0 Å². The number of allylic oxidation sites excluding steroid dienone is 1. The molecule has 0 radical (unpaired) electrons. The molecule has 4 rings (SSSR count). The number of nitrogens with one attached hydrogen (secondary N) is 2. The van der Waals surface area contributed by atoms with E-state index in [-0.39, 0.29) is 12.3 Å². The summed E-state index contributed by atoms with van der Waals surface area (Å²) in [5, 5.41) is 12.8. The lowest BCUT2D eigenvalue weighted by atomic mass is 10.0. The summed E-state index contributed by atoms with van der Waals surface area (Å²) in [5.41, 5.74) is 1.77. The number of hydrogen-bond acceptors (Lipinski definition) is 5. The van der Waals surface area contributed by atoms with Gasteiger partial charge in [0.2, 0.25) is 5.91 Å². The van der Waals surface area contributed by atoms with Gasteiger partial charge in [0.1, 0.15) is 0 Å². The molecule has 0 atom stereocenters. The van der Waals surface area contributed by atoms with E-state index in [9.17, 15) is 4.79 Å². The van der Waals surface area contributed by atoms with Gasteiger partial charge in [0.05, 0.1) is 17.0 Å². The van der Waals surface area contributed by atoms with Gasteiger partial charge >= 0.3 is 0 Å². The second-order valence-corrected chi connectivity index (χ2v) is 7.93. The van der Waals surface area contributed by atoms with Crippen LogP contribution in [0.4, 0.5) is 5.13 Å². The minimum atomic E-state index is -0.105. The van der Waals surface area contributed by atoms with Crippen LogP contribution in [0.25, 0.3) is 21.5 Å². The number of hydrogen-bond donors (Lipinski definition) is 2. The fourth-order valence-corrected chi connectivity index (χ4v) is 4.42. The number of carbonyl (C=O) groups is 1. The Balaban J connectivity index is 1.56. The zero-order valence-electron chi connectivity index (χ0n) is 15.8. The summed E-state index contributed by atoms with van der Waals surface area (Å²) in [7, 11) is 0. The first-order chi connectivity index (χ1) is 14.1. The van der Waals surface area contributed by atoms with E-state index >= 15 is 0 Å². The van der Waals surface area contributed by atoms with E-state index in [2.05, 4.69) is 27.1 Å². The Labute approximate surface area is 176 Å². The van der Waals surface area contributed by atoms with Crippen LogP contribution < -0.4 is 5.32 Å². The molecule has 0 spiro atoms. The van der Waals surface area contributed by atoms with E-state index in [1.54, 1.807) is 6.08 Å². The van der Waals surface area contributed by atoms with Gasteiger partial charge in [0.15, 0.2) is 15.7 Å². The van der Waals surface area contributed by atoms with Crippen molar-refractivity contribution in [2.24, 2.45) is 0 Å². The smallest absolute Gasteiger partial charge is 0.230 e. The summed E-state index contributed by atoms with van der Waals surface area (Å²) in [6.07, 6.45) is 2.04. The number of thiazole rings is 1. The maximum atomic E-state index is 12.7. The molecule has 2 heterocycles. The van der Waals surface area contributed by atoms with Crippen molar-refractivity contribution in [3.8, 4) is 10.7 Å². The Bertz CT molecular complexity index is 1260. The number of aromatic nitrogens is 4. The molecule has 2 N–H and O–H groups in total. The lowest BCUT2D eigenvalue weighted by Crippen LogP contribution is -2.14. The predicted molar refractivity (Wildman–Crippen MR) is 120 cm³/mol. The number of carbonyl (C=O) groups excluding carboxylic acids is 1. The first kappa shape index (κ1) is 19.2. The third-order valence-electron chi connectivity index (χ3n) is 4.55. The van der Waals surface area contributed by atoms with E-state index in [1.165, 1.54) is 11.3 Å². The number of fused-ring (bicyclic) bond motifs is 1. The van der Waals surface area contributed by atoms with Crippen molar-refractivity contribution in [2.75, 3.05) is 5.32 Å². The average molecular weight is 422 g/mol. The number of H-pyrrole nitrogens is 1. The normalized spacial score (nSPS) is 10.9. The highest BCUT2D eigenvalue weighted by Gasteiger charge is 2.17. The van der Waals surface area contributed by atoms with E-state index < -0.39 is 0 Å². The second-order valence-electron chi connectivity index (χ2n) is 6.55. The topological polar surface area (TPSA) is 75.6 Å². The summed E-state index contributed by atoms with van der Waals surface area (Å²) in [4.78, 5) is 18.0. The Morgan fingerprint density at radius 3 is 2.93 bits per heavy atom. The molecule has 0 fully saturated rings. The van der Waals surface area contributed by atoms with Gasteiger partial charge in [-0.25, -0.2) is 4.98 Å². The number of rotatable bonds is 6. The molecule has 8 heteroatoms. The van der Waals surface area contributed by atoms with E-state index in [1.807, 2.05) is 54.0 Å². The molecule has 0 aliphatic heterocycles. The van der Waals surface area contributed by atoms with Gasteiger partial charge < -0.3 is 5.32 Å². The minimum Gasteiger partial charge on any atom is -0.302 e. The highest BCUT2D eigenvalue weighted by atomic mass is 32.1. The predicted octanol–water partition coefficient (Wildman–Crippen LogP) is 4.89. The molecule has 0 aliphatic carbocycles. The molecule has 2 aromatic carbocycles. The van der Waals surface area contributed by atoms with Gasteiger partial charge in [0.25, 0.3) is 0 Å². The molecule has 0 unspecified atom stereocenters. The summed E-state index contributed by atoms with van der Waals surface area (Å²) in [6, 6.07) is 14.0. The largest absolute Gasteiger partial charge is 0.302 e. The first-order valence-electron chi connectivity index (χ1n) is 9.07. The summed E-state index contributed by atoms with van der Waals surface area (Å²) in [6.45, 7) is 6.20. The Hall–Kier alpha value is -3.10. The molecular formula is C21H19N5OS2. The van der Waals surface area contributed by atoms with Crippen molar-refractivity contribution in [3.05, 3.63) is 71.1 Å². The zero-order valence-corrected chi connectivity index (χ0v) is 17.4. The highest BCUT2D eigenvalue weighted by molar-refractivity contribution is 7.71. The maximum Gasteiger partial charge on any atom is 0.230 e. The van der Waals surface area contributed by atoms with Gasteiger partial charge in [-0.3, -0.25) is 14.5 Å². The van der Waals surface area contributed by atoms with Gasteiger partial charge in [-0.1, -0.05) is 59.9 Å². The third-order valence-corrected chi connectivity index (χ3v) is 5.93. The number of aryl methyl sites for hydroxylation is 1. The van der Waals surface area contributed by atoms with Crippen molar-refractivity contribution in [2.45, 2.75) is 19.9 Å². The van der Waals surface area contributed by atoms with Gasteiger partial charge in [-0.2, -0.15) is 5.10 Å². The molecule has 2 aromatic heterocycles. The van der Waals surface area contributed by atoms with Crippen LogP contribution in [0.2, 0.25) is 0 Å². The number of amides is 1. The number of aromatic amines is 1. The van der Waals surface area contributed by atoms with Gasteiger partial charge in [-0.05, 0) is 35.5 Å². The van der Waals surface area contributed by atoms with Crippen LogP contribution in [0, 0.1) is 11.7 Å². The van der Waals surface area contributed by atoms with Crippen molar-refractivity contribution in [1.82, 2.24) is 19.7 Å². The highest BCUT2D eigenvalue weighted by Crippen LogP contribution is 2.32. The molecule has 4 aromatic rings. The van der Waals surface area contributed by atoms with Crippen molar-refractivity contribution >= 4 is 45.4 Å². The molecule has 1 amide bonds. The van der Waals surface area contributed by atoms with E-state index in [0.29, 0.717) is 22.3 Å². The third kappa shape index (κ3) is 3.90. The zero-order chi connectivity index (χ0) is 20.4. The van der Waals surface area contributed by atoms with E-state index in [0.717, 1.165) is 26.9 Å². The Morgan fingerprint density at radius 1 is 1.31 bits per heavy atom. The van der Waals surface area contributed by atoms with Crippen LogP contribution in [0.3, 0.4) is 0 Å². The van der Waals surface area contributed by atoms with Crippen LogP contribution >= 0.6 is 23.6 Å². The lowest BCUT2D eigenvalue weighted by molar-refractivity contribution is -0.115. The molecule has 29 heavy (non-hydrogen) atoms. The summed E-state index contributed by atoms with van der Waals surface area (Å²) in [5.74, 6) is 0.589. The molecule has 0 bridgehead atoms. The lowest BCUT2D eigenvalue weighted by Gasteiger charge is -2.06. The molecule has 6 nitrogen and oxygen atoms in total. The van der Waals surface area contributed by atoms with Crippen molar-refractivity contribution < 1.29 is 4.79 Å². The quantitative estimate of drug-likeness (QED) is 0.343. The SMILES string of the molecule is C=CCn1c(-c2sc(NC(=O)Cc3cccc4ccccc34)nc2C)n[nH]c1=S. The maximum absolute atomic E-state index is 12.7. The molecule has 146 valence electrons. The average Bonchev–Trinajstić information content (AvgIpc) is 3.24. The van der Waals surface area contributed by atoms with Crippen molar-refractivity contribution in [3.63, 3.8) is 0 Å². The van der Waals surface area contributed by atoms with Gasteiger partial charge in [-0.15, -0.1) is 6.58 Å². The Morgan fingerprint density at radius 2 is 2.10 bits per heavy atom. The van der Waals surface area contributed by atoms with Crippen LogP contribution in [0.15, 0.2) is 55.1 Å². The summed E-state index contributed by atoms with van der Waals surface area (Å²) < 4.78 is 2.37. The number of benzene rings is 2. The van der Waals surface area contributed by atoms with Crippen molar-refractivity contribution in [1.29, 1.82) is 0 Å². The fourth-order valence-electron chi connectivity index (χ4n) is 3.23. The number of nitrogens with zero attached hydrogens (tertiary/aromatic N) is 3. The number of anilines is 1. The standard InChI is InChI=1S/C21H19N5OS2/c1-3-11-26-19(24-25-21(26)28)18-13(2)22-20(29-18)23-17(27)12-15-9-6-8-14-7-4-5-10-16(14)15/h3-10H,1,11-12H2,2H3,(H,25,28)(H,22,23,27). The molecule has 0 saturated carbocycles.